The molecule has 6 heteroatoms. The molecule has 0 bridgehead atoms. The van der Waals surface area contributed by atoms with E-state index in [-0.39, 0.29) is 28.9 Å². The van der Waals surface area contributed by atoms with Crippen LogP contribution in [0, 0.1) is 11.3 Å². The predicted molar refractivity (Wildman–Crippen MR) is 109 cm³/mol. The van der Waals surface area contributed by atoms with Gasteiger partial charge in [-0.2, -0.15) is 5.26 Å². The summed E-state index contributed by atoms with van der Waals surface area (Å²) in [6, 6.07) is 18.6. The maximum absolute atomic E-state index is 11.3. The number of nitrogens with zero attached hydrogens (tertiary/aromatic N) is 2. The maximum Gasteiger partial charge on any atom is 0.138 e. The van der Waals surface area contributed by atoms with E-state index in [1.165, 1.54) is 0 Å². The number of aliphatic imine (C=N–C) groups is 1. The highest BCUT2D eigenvalue weighted by Gasteiger charge is 2.19. The van der Waals surface area contributed by atoms with Crippen LogP contribution < -0.4 is 16.2 Å². The van der Waals surface area contributed by atoms with Crippen LogP contribution in [0.3, 0.4) is 0 Å². The maximum atomic E-state index is 11.3. The second kappa shape index (κ2) is 8.87. The SMILES string of the molecule is N#CC(C(N)=NC1CCC(=O)CC1)=C(N)c1ccc(Oc2ccccc2)cc1. The first-order valence-corrected chi connectivity index (χ1v) is 9.15. The molecule has 0 aliphatic heterocycles. The van der Waals surface area contributed by atoms with Crippen LogP contribution in [0.1, 0.15) is 31.2 Å². The van der Waals surface area contributed by atoms with E-state index in [0.717, 1.165) is 5.75 Å². The summed E-state index contributed by atoms with van der Waals surface area (Å²) in [5.74, 6) is 1.76. The van der Waals surface area contributed by atoms with Crippen molar-refractivity contribution in [3.8, 4) is 17.6 Å². The lowest BCUT2D eigenvalue weighted by atomic mass is 9.95. The number of amidine groups is 1. The Balaban J connectivity index is 1.77. The minimum Gasteiger partial charge on any atom is -0.457 e. The van der Waals surface area contributed by atoms with Crippen molar-refractivity contribution in [3.05, 3.63) is 65.7 Å². The number of hydrogen-bond donors (Lipinski definition) is 2. The van der Waals surface area contributed by atoms with Gasteiger partial charge in [0.25, 0.3) is 0 Å². The minimum absolute atomic E-state index is 0.0458. The second-order valence-corrected chi connectivity index (χ2v) is 6.62. The number of ether oxygens (including phenoxy) is 1. The number of hydrogen-bond acceptors (Lipinski definition) is 5. The van der Waals surface area contributed by atoms with Gasteiger partial charge in [0.05, 0.1) is 11.7 Å². The van der Waals surface area contributed by atoms with Crippen LogP contribution in [-0.4, -0.2) is 17.7 Å². The molecule has 0 amide bonds. The molecular weight excluding hydrogens is 352 g/mol. The molecule has 0 unspecified atom stereocenters. The van der Waals surface area contributed by atoms with E-state index in [4.69, 9.17) is 16.2 Å². The Morgan fingerprint density at radius 2 is 1.61 bits per heavy atom. The topological polar surface area (TPSA) is 114 Å². The molecule has 0 saturated heterocycles. The van der Waals surface area contributed by atoms with Crippen molar-refractivity contribution in [2.45, 2.75) is 31.7 Å². The number of carbonyl (C=O) groups excluding carboxylic acids is 1. The third kappa shape index (κ3) is 4.77. The summed E-state index contributed by atoms with van der Waals surface area (Å²) in [7, 11) is 0. The smallest absolute Gasteiger partial charge is 0.138 e. The first-order valence-electron chi connectivity index (χ1n) is 9.15. The lowest BCUT2D eigenvalue weighted by Gasteiger charge is -2.17. The molecule has 0 heterocycles. The van der Waals surface area contributed by atoms with Gasteiger partial charge in [-0.05, 0) is 54.8 Å². The largest absolute Gasteiger partial charge is 0.457 e. The number of rotatable bonds is 5. The average Bonchev–Trinajstić information content (AvgIpc) is 2.71. The molecular formula is C22H22N4O2. The van der Waals surface area contributed by atoms with E-state index in [1.54, 1.807) is 24.3 Å². The zero-order valence-corrected chi connectivity index (χ0v) is 15.5. The van der Waals surface area contributed by atoms with E-state index >= 15 is 0 Å². The summed E-state index contributed by atoms with van der Waals surface area (Å²) in [6.45, 7) is 0. The van der Waals surface area contributed by atoms with E-state index in [9.17, 15) is 10.1 Å². The van der Waals surface area contributed by atoms with Crippen LogP contribution in [-0.2, 0) is 4.79 Å². The molecule has 142 valence electrons. The van der Waals surface area contributed by atoms with Gasteiger partial charge in [0.2, 0.25) is 0 Å². The zero-order valence-electron chi connectivity index (χ0n) is 15.5. The Bertz CT molecular complexity index is 931. The van der Waals surface area contributed by atoms with Gasteiger partial charge in [-0.3, -0.25) is 9.79 Å². The van der Waals surface area contributed by atoms with Crippen molar-refractivity contribution in [2.24, 2.45) is 16.5 Å². The summed E-state index contributed by atoms with van der Waals surface area (Å²) < 4.78 is 5.76. The molecule has 28 heavy (non-hydrogen) atoms. The van der Waals surface area contributed by atoms with Gasteiger partial charge in [-0.15, -0.1) is 0 Å². The normalized spacial score (nSPS) is 16.2. The molecule has 0 atom stereocenters. The van der Waals surface area contributed by atoms with E-state index in [1.807, 2.05) is 30.3 Å². The third-order valence-corrected chi connectivity index (χ3v) is 4.62. The summed E-state index contributed by atoms with van der Waals surface area (Å²) in [5, 5.41) is 9.52. The fourth-order valence-corrected chi connectivity index (χ4v) is 3.04. The molecule has 0 aromatic heterocycles. The van der Waals surface area contributed by atoms with Crippen molar-refractivity contribution in [2.75, 3.05) is 0 Å². The monoisotopic (exact) mass is 374 g/mol. The Kier molecular flexibility index (Phi) is 6.07. The van der Waals surface area contributed by atoms with Crippen molar-refractivity contribution >= 4 is 17.3 Å². The van der Waals surface area contributed by atoms with E-state index < -0.39 is 0 Å². The Morgan fingerprint density at radius 3 is 2.21 bits per heavy atom. The van der Waals surface area contributed by atoms with Gasteiger partial charge in [0, 0.05) is 12.8 Å². The van der Waals surface area contributed by atoms with Crippen LogP contribution in [0.4, 0.5) is 0 Å². The van der Waals surface area contributed by atoms with Crippen LogP contribution in [0.25, 0.3) is 5.70 Å². The molecule has 6 nitrogen and oxygen atoms in total. The van der Waals surface area contributed by atoms with Crippen molar-refractivity contribution in [1.82, 2.24) is 0 Å². The molecule has 3 rings (SSSR count). The standard InChI is InChI=1S/C22H22N4O2/c23-14-20(22(25)26-16-8-10-17(27)11-9-16)21(24)15-6-12-19(13-7-15)28-18-4-2-1-3-5-18/h1-7,12-13,16H,8-11,24H2,(H2,25,26). The summed E-state index contributed by atoms with van der Waals surface area (Å²) in [6.07, 6.45) is 2.32. The lowest BCUT2D eigenvalue weighted by Crippen LogP contribution is -2.24. The minimum atomic E-state index is -0.0458. The molecule has 2 aromatic rings. The number of para-hydroxylation sites is 1. The highest BCUT2D eigenvalue weighted by Crippen LogP contribution is 2.24. The van der Waals surface area contributed by atoms with E-state index in [0.29, 0.717) is 37.0 Å². The summed E-state index contributed by atoms with van der Waals surface area (Å²) in [5.41, 5.74) is 13.3. The predicted octanol–water partition coefficient (Wildman–Crippen LogP) is 3.54. The van der Waals surface area contributed by atoms with Crippen LogP contribution in [0.15, 0.2) is 65.2 Å². The second-order valence-electron chi connectivity index (χ2n) is 6.62. The van der Waals surface area contributed by atoms with E-state index in [2.05, 4.69) is 11.1 Å². The Labute approximate surface area is 164 Å². The van der Waals surface area contributed by atoms with Gasteiger partial charge in [0.1, 0.15) is 34.8 Å². The molecule has 1 fully saturated rings. The quantitative estimate of drug-likeness (QED) is 0.472. The van der Waals surface area contributed by atoms with Crippen molar-refractivity contribution in [3.63, 3.8) is 0 Å². The Hall–Kier alpha value is -3.59. The third-order valence-electron chi connectivity index (χ3n) is 4.62. The number of nitrogens with two attached hydrogens (primary N) is 2. The van der Waals surface area contributed by atoms with Gasteiger partial charge in [-0.1, -0.05) is 18.2 Å². The van der Waals surface area contributed by atoms with Crippen LogP contribution >= 0.6 is 0 Å². The van der Waals surface area contributed by atoms with Gasteiger partial charge in [-0.25, -0.2) is 0 Å². The highest BCUT2D eigenvalue weighted by atomic mass is 16.5. The molecule has 1 aliphatic carbocycles. The van der Waals surface area contributed by atoms with Crippen LogP contribution in [0.2, 0.25) is 0 Å². The summed E-state index contributed by atoms with van der Waals surface area (Å²) >= 11 is 0. The first-order chi connectivity index (χ1) is 13.6. The molecule has 4 N–H and O–H groups in total. The van der Waals surface area contributed by atoms with Crippen LogP contribution in [0.5, 0.6) is 11.5 Å². The first kappa shape index (κ1) is 19.2. The molecule has 1 aliphatic rings. The lowest BCUT2D eigenvalue weighted by molar-refractivity contribution is -0.120. The summed E-state index contributed by atoms with van der Waals surface area (Å²) in [4.78, 5) is 15.8. The average molecular weight is 374 g/mol. The fraction of sp³-hybridized carbons (Fsp3) is 0.227. The van der Waals surface area contributed by atoms with Gasteiger partial charge < -0.3 is 16.2 Å². The highest BCUT2D eigenvalue weighted by molar-refractivity contribution is 6.07. The molecule has 2 aromatic carbocycles. The number of benzene rings is 2. The molecule has 1 saturated carbocycles. The number of carbonyl (C=O) groups is 1. The van der Waals surface area contributed by atoms with Crippen molar-refractivity contribution < 1.29 is 9.53 Å². The molecule has 0 spiro atoms. The van der Waals surface area contributed by atoms with Gasteiger partial charge in [0.15, 0.2) is 0 Å². The fourth-order valence-electron chi connectivity index (χ4n) is 3.04. The Morgan fingerprint density at radius 1 is 1.00 bits per heavy atom. The van der Waals surface area contributed by atoms with Gasteiger partial charge >= 0.3 is 0 Å². The zero-order chi connectivity index (χ0) is 19.9. The number of ketones is 1. The molecule has 0 radical (unpaired) electrons. The van der Waals surface area contributed by atoms with Crippen molar-refractivity contribution in [1.29, 1.82) is 5.26 Å². The number of Topliss-reactive ketones (excluding diaryl/α,β-unsaturated/α-hetero) is 1. The number of nitriles is 1.